The first kappa shape index (κ1) is 33.7. The van der Waals surface area contributed by atoms with Gasteiger partial charge in [-0.15, -0.1) is 0 Å². The van der Waals surface area contributed by atoms with E-state index in [1.165, 1.54) is 12.8 Å². The highest BCUT2D eigenvalue weighted by molar-refractivity contribution is 7.37. The Hall–Kier alpha value is -2.32. The van der Waals surface area contributed by atoms with Gasteiger partial charge in [-0.1, -0.05) is 21.9 Å². The van der Waals surface area contributed by atoms with E-state index >= 15 is 0 Å². The SMILES string of the molecule is CCCCPCF.Fc1c(F)c(F)c(-c2c(C(F)(F)F)c(F)c(F)c(F)c2C(F)(F)C(F)(F)F)c(F)c1F. The Bertz CT molecular complexity index is 1120. The molecule has 0 nitrogen and oxygen atoms in total. The zero-order valence-corrected chi connectivity index (χ0v) is 19.3. The summed E-state index contributed by atoms with van der Waals surface area (Å²) in [4.78, 5) is 0. The highest BCUT2D eigenvalue weighted by atomic mass is 31.1. The van der Waals surface area contributed by atoms with Crippen molar-refractivity contribution in [3.63, 3.8) is 0 Å². The molecule has 38 heavy (non-hydrogen) atoms. The number of benzene rings is 2. The van der Waals surface area contributed by atoms with Crippen LogP contribution in [0.3, 0.4) is 0 Å². The molecule has 0 aromatic heterocycles. The molecule has 0 N–H and O–H groups in total. The average molecular weight is 606 g/mol. The molecule has 0 heterocycles. The number of hydrogen-bond donors (Lipinski definition) is 0. The van der Waals surface area contributed by atoms with Crippen molar-refractivity contribution in [3.8, 4) is 11.1 Å². The highest BCUT2D eigenvalue weighted by Crippen LogP contribution is 2.53. The van der Waals surface area contributed by atoms with E-state index in [9.17, 15) is 74.6 Å². The second-order valence-electron chi connectivity index (χ2n) is 7.07. The van der Waals surface area contributed by atoms with E-state index < -0.39 is 87.1 Å². The standard InChI is InChI=1S/C15F16.C5H12FP/c16-5-2(6(17)10(21)12(23)9(5)20)1-3(13(24,25)15(29,30)31)7(18)11(22)8(19)4(1)14(26,27)28;1-2-3-4-7-5-6/h;7H,2-5H2,1H3. The maximum atomic E-state index is 13.9. The number of alkyl halides is 9. The summed E-state index contributed by atoms with van der Waals surface area (Å²) in [6.45, 7) is 2.13. The Balaban J connectivity index is 0.000000905. The van der Waals surface area contributed by atoms with Crippen LogP contribution in [0, 0.1) is 46.5 Å². The lowest BCUT2D eigenvalue weighted by Gasteiger charge is -2.26. The van der Waals surface area contributed by atoms with E-state index in [4.69, 9.17) is 0 Å². The van der Waals surface area contributed by atoms with Crippen molar-refractivity contribution in [1.82, 2.24) is 0 Å². The number of unbranched alkanes of at least 4 members (excludes halogenated alkanes) is 1. The quantitative estimate of drug-likeness (QED) is 0.101. The van der Waals surface area contributed by atoms with Gasteiger partial charge in [-0.3, -0.25) is 0 Å². The van der Waals surface area contributed by atoms with E-state index in [0.29, 0.717) is 8.58 Å². The Morgan fingerprint density at radius 3 is 1.32 bits per heavy atom. The van der Waals surface area contributed by atoms with Crippen molar-refractivity contribution in [2.24, 2.45) is 0 Å². The highest BCUT2D eigenvalue weighted by Gasteiger charge is 2.63. The minimum atomic E-state index is -7.10. The molecule has 0 radical (unpaired) electrons. The number of halogens is 17. The third kappa shape index (κ3) is 6.45. The molecule has 0 saturated carbocycles. The summed E-state index contributed by atoms with van der Waals surface area (Å²) in [6.07, 6.45) is -10.3. The number of hydrogen-bond acceptors (Lipinski definition) is 0. The Morgan fingerprint density at radius 2 is 0.947 bits per heavy atom. The molecule has 0 amide bonds. The third-order valence-electron chi connectivity index (χ3n) is 4.54. The van der Waals surface area contributed by atoms with Crippen molar-refractivity contribution in [2.45, 2.75) is 38.0 Å². The van der Waals surface area contributed by atoms with Crippen LogP contribution in [0.25, 0.3) is 11.1 Å². The zero-order valence-electron chi connectivity index (χ0n) is 18.3. The fourth-order valence-electron chi connectivity index (χ4n) is 2.81. The van der Waals surface area contributed by atoms with E-state index in [2.05, 4.69) is 6.92 Å². The molecule has 18 heteroatoms. The second-order valence-corrected chi connectivity index (χ2v) is 8.34. The Morgan fingerprint density at radius 1 is 0.553 bits per heavy atom. The van der Waals surface area contributed by atoms with E-state index in [1.807, 2.05) is 0 Å². The summed E-state index contributed by atoms with van der Waals surface area (Å²) in [5, 5.41) is 0. The predicted molar refractivity (Wildman–Crippen MR) is 101 cm³/mol. The van der Waals surface area contributed by atoms with Crippen LogP contribution in [-0.2, 0) is 12.1 Å². The van der Waals surface area contributed by atoms with Crippen LogP contribution in [0.1, 0.15) is 30.9 Å². The van der Waals surface area contributed by atoms with Crippen molar-refractivity contribution in [3.05, 3.63) is 57.7 Å². The lowest BCUT2D eigenvalue weighted by molar-refractivity contribution is -0.290. The fourth-order valence-corrected chi connectivity index (χ4v) is 3.54. The summed E-state index contributed by atoms with van der Waals surface area (Å²) < 4.78 is 225. The van der Waals surface area contributed by atoms with Gasteiger partial charge in [0.25, 0.3) is 0 Å². The molecule has 0 aliphatic heterocycles. The molecule has 0 spiro atoms. The minimum absolute atomic E-state index is 0.111. The van der Waals surface area contributed by atoms with Crippen LogP contribution in [0.2, 0.25) is 0 Å². The monoisotopic (exact) mass is 606 g/mol. The summed E-state index contributed by atoms with van der Waals surface area (Å²) in [6, 6.07) is 0. The first-order chi connectivity index (χ1) is 17.2. The molecule has 0 fully saturated rings. The minimum Gasteiger partial charge on any atom is -0.246 e. The van der Waals surface area contributed by atoms with Crippen LogP contribution in [0.5, 0.6) is 0 Å². The van der Waals surface area contributed by atoms with Gasteiger partial charge in [0.1, 0.15) is 12.0 Å². The van der Waals surface area contributed by atoms with Crippen LogP contribution in [0.15, 0.2) is 0 Å². The topological polar surface area (TPSA) is 0 Å². The van der Waals surface area contributed by atoms with Crippen LogP contribution < -0.4 is 0 Å². The van der Waals surface area contributed by atoms with Crippen molar-refractivity contribution in [1.29, 1.82) is 0 Å². The molecule has 0 aliphatic carbocycles. The average Bonchev–Trinajstić information content (AvgIpc) is 2.79. The van der Waals surface area contributed by atoms with Gasteiger partial charge in [0, 0.05) is 5.56 Å². The summed E-state index contributed by atoms with van der Waals surface area (Å²) in [5.74, 6) is -34.1. The van der Waals surface area contributed by atoms with Gasteiger partial charge in [-0.25, -0.2) is 39.5 Å². The molecule has 0 saturated heterocycles. The van der Waals surface area contributed by atoms with Crippen LogP contribution in [0.4, 0.5) is 74.6 Å². The predicted octanol–water partition coefficient (Wildman–Crippen LogP) is 9.53. The third-order valence-corrected chi connectivity index (χ3v) is 5.44. The van der Waals surface area contributed by atoms with Crippen molar-refractivity contribution in [2.75, 3.05) is 12.6 Å². The fraction of sp³-hybridized carbons (Fsp3) is 0.400. The largest absolute Gasteiger partial charge is 0.458 e. The van der Waals surface area contributed by atoms with E-state index in [1.54, 1.807) is 0 Å². The molecule has 1 atom stereocenters. The van der Waals surface area contributed by atoms with Gasteiger partial charge in [-0.2, -0.15) is 35.1 Å². The van der Waals surface area contributed by atoms with E-state index in [-0.39, 0.29) is 6.42 Å². The summed E-state index contributed by atoms with van der Waals surface area (Å²) in [5.41, 5.74) is -14.2. The molecule has 0 aliphatic rings. The van der Waals surface area contributed by atoms with Gasteiger partial charge in [0.15, 0.2) is 40.7 Å². The maximum Gasteiger partial charge on any atom is 0.458 e. The molecule has 0 bridgehead atoms. The van der Waals surface area contributed by atoms with Crippen LogP contribution in [-0.4, -0.2) is 18.8 Å². The molecular weight excluding hydrogens is 594 g/mol. The summed E-state index contributed by atoms with van der Waals surface area (Å²) in [7, 11) is 0.555. The molecule has 2 aromatic carbocycles. The lowest BCUT2D eigenvalue weighted by Crippen LogP contribution is -2.36. The Kier molecular flexibility index (Phi) is 10.9. The Labute approximate surface area is 203 Å². The maximum absolute atomic E-state index is 13.9. The molecular formula is C20H12F17P. The molecule has 1 unspecified atom stereocenters. The number of rotatable bonds is 6. The van der Waals surface area contributed by atoms with Gasteiger partial charge >= 0.3 is 18.3 Å². The van der Waals surface area contributed by atoms with Gasteiger partial charge in [-0.05, 0) is 12.6 Å². The van der Waals surface area contributed by atoms with Crippen LogP contribution >= 0.6 is 8.58 Å². The molecule has 216 valence electrons. The van der Waals surface area contributed by atoms with Gasteiger partial charge in [0.05, 0.1) is 11.1 Å². The summed E-state index contributed by atoms with van der Waals surface area (Å²) >= 11 is 0. The molecule has 2 aromatic rings. The lowest BCUT2D eigenvalue weighted by atomic mass is 9.88. The second kappa shape index (κ2) is 12.2. The first-order valence-electron chi connectivity index (χ1n) is 9.71. The first-order valence-corrected chi connectivity index (χ1v) is 11.1. The van der Waals surface area contributed by atoms with Gasteiger partial charge < -0.3 is 0 Å². The van der Waals surface area contributed by atoms with Crippen molar-refractivity contribution >= 4 is 8.58 Å². The van der Waals surface area contributed by atoms with Crippen molar-refractivity contribution < 1.29 is 74.6 Å². The molecule has 2 rings (SSSR count). The zero-order chi connectivity index (χ0) is 30.0. The van der Waals surface area contributed by atoms with E-state index in [0.717, 1.165) is 6.16 Å². The normalized spacial score (nSPS) is 12.8. The smallest absolute Gasteiger partial charge is 0.246 e. The van der Waals surface area contributed by atoms with Gasteiger partial charge in [0.2, 0.25) is 5.82 Å².